The molecule has 2 aromatic heterocycles. The predicted molar refractivity (Wildman–Crippen MR) is 96.4 cm³/mol. The first-order chi connectivity index (χ1) is 11.7. The van der Waals surface area contributed by atoms with Crippen LogP contribution in [0.5, 0.6) is 0 Å². The van der Waals surface area contributed by atoms with Crippen molar-refractivity contribution in [3.63, 3.8) is 0 Å². The summed E-state index contributed by atoms with van der Waals surface area (Å²) in [5, 5.41) is 6.51. The first-order valence-electron chi connectivity index (χ1n) is 8.68. The molecule has 2 aromatic rings. The number of piperidine rings is 1. The minimum atomic E-state index is 0.0722. The van der Waals surface area contributed by atoms with Crippen LogP contribution in [0, 0.1) is 5.92 Å². The van der Waals surface area contributed by atoms with E-state index < -0.39 is 0 Å². The number of aromatic nitrogens is 2. The Morgan fingerprint density at radius 1 is 1.38 bits per heavy atom. The van der Waals surface area contributed by atoms with E-state index in [1.54, 1.807) is 17.7 Å². The molecule has 0 bridgehead atoms. The highest BCUT2D eigenvalue weighted by Gasteiger charge is 2.33. The minimum Gasteiger partial charge on any atom is -0.355 e. The summed E-state index contributed by atoms with van der Waals surface area (Å²) < 4.78 is 0. The van der Waals surface area contributed by atoms with E-state index in [0.717, 1.165) is 61.6 Å². The molecule has 0 aliphatic carbocycles. The Hall–Kier alpha value is -1.73. The van der Waals surface area contributed by atoms with Crippen molar-refractivity contribution >= 4 is 33.3 Å². The molecule has 2 aliphatic rings. The van der Waals surface area contributed by atoms with Gasteiger partial charge in [-0.15, -0.1) is 11.3 Å². The fraction of sp³-hybridized carbons (Fsp3) is 0.588. The molecule has 0 radical (unpaired) electrons. The lowest BCUT2D eigenvalue weighted by Gasteiger charge is -2.39. The highest BCUT2D eigenvalue weighted by atomic mass is 32.1. The number of hydrogen-bond donors (Lipinski definition) is 1. The predicted octanol–water partition coefficient (Wildman–Crippen LogP) is 1.73. The highest BCUT2D eigenvalue weighted by molar-refractivity contribution is 7.16. The van der Waals surface area contributed by atoms with E-state index in [4.69, 9.17) is 0 Å². The monoisotopic (exact) mass is 345 g/mol. The van der Waals surface area contributed by atoms with Gasteiger partial charge in [-0.25, -0.2) is 9.97 Å². The van der Waals surface area contributed by atoms with Gasteiger partial charge in [0.2, 0.25) is 5.91 Å². The van der Waals surface area contributed by atoms with Gasteiger partial charge in [-0.2, -0.15) is 0 Å². The number of carbonyl (C=O) groups is 1. The third kappa shape index (κ3) is 2.86. The van der Waals surface area contributed by atoms with Crippen LogP contribution < -0.4 is 10.2 Å². The quantitative estimate of drug-likeness (QED) is 0.898. The molecular weight excluding hydrogens is 322 g/mol. The highest BCUT2D eigenvalue weighted by Crippen LogP contribution is 2.30. The van der Waals surface area contributed by atoms with Crippen LogP contribution in [0.2, 0.25) is 0 Å². The Balaban J connectivity index is 1.53. The van der Waals surface area contributed by atoms with E-state index in [1.807, 2.05) is 0 Å². The molecule has 0 saturated carbocycles. The summed E-state index contributed by atoms with van der Waals surface area (Å²) in [6.45, 7) is 6.46. The molecule has 0 aromatic carbocycles. The molecule has 24 heavy (non-hydrogen) atoms. The zero-order valence-corrected chi connectivity index (χ0v) is 14.8. The van der Waals surface area contributed by atoms with Gasteiger partial charge in [-0.1, -0.05) is 0 Å². The zero-order valence-electron chi connectivity index (χ0n) is 13.9. The Bertz CT molecular complexity index is 733. The number of nitrogens with one attached hydrogen (secondary N) is 1. The molecule has 4 heterocycles. The fourth-order valence-electron chi connectivity index (χ4n) is 3.80. The van der Waals surface area contributed by atoms with Crippen molar-refractivity contribution < 1.29 is 4.79 Å². The summed E-state index contributed by atoms with van der Waals surface area (Å²) in [4.78, 5) is 27.2. The first kappa shape index (κ1) is 15.8. The maximum absolute atomic E-state index is 13.0. The van der Waals surface area contributed by atoms with Crippen molar-refractivity contribution in [1.82, 2.24) is 20.2 Å². The minimum absolute atomic E-state index is 0.0722. The molecule has 2 atom stereocenters. The average molecular weight is 345 g/mol. The molecule has 2 aliphatic heterocycles. The largest absolute Gasteiger partial charge is 0.355 e. The van der Waals surface area contributed by atoms with Crippen LogP contribution in [0.15, 0.2) is 17.8 Å². The van der Waals surface area contributed by atoms with Crippen LogP contribution in [0.1, 0.15) is 19.8 Å². The average Bonchev–Trinajstić information content (AvgIpc) is 3.10. The van der Waals surface area contributed by atoms with Gasteiger partial charge in [0.25, 0.3) is 0 Å². The van der Waals surface area contributed by atoms with Gasteiger partial charge >= 0.3 is 0 Å². The van der Waals surface area contributed by atoms with Gasteiger partial charge in [-0.3, -0.25) is 4.79 Å². The van der Waals surface area contributed by atoms with Crippen LogP contribution >= 0.6 is 11.3 Å². The first-order valence-corrected chi connectivity index (χ1v) is 9.56. The summed E-state index contributed by atoms with van der Waals surface area (Å²) in [5.74, 6) is 1.36. The fourth-order valence-corrected chi connectivity index (χ4v) is 4.53. The van der Waals surface area contributed by atoms with Crippen LogP contribution in [-0.2, 0) is 4.79 Å². The number of nitrogens with zero attached hydrogens (tertiary/aromatic N) is 4. The summed E-state index contributed by atoms with van der Waals surface area (Å²) in [5.41, 5.74) is 0. The van der Waals surface area contributed by atoms with Crippen molar-refractivity contribution in [2.45, 2.75) is 25.8 Å². The van der Waals surface area contributed by atoms with E-state index in [1.165, 1.54) is 0 Å². The second-order valence-corrected chi connectivity index (χ2v) is 7.60. The second-order valence-electron chi connectivity index (χ2n) is 6.71. The lowest BCUT2D eigenvalue weighted by molar-refractivity contribution is -0.138. The van der Waals surface area contributed by atoms with Crippen LogP contribution in [0.3, 0.4) is 0 Å². The maximum atomic E-state index is 13.0. The molecule has 1 amide bonds. The number of anilines is 1. The lowest BCUT2D eigenvalue weighted by Crippen LogP contribution is -2.55. The van der Waals surface area contributed by atoms with Crippen LogP contribution in [-0.4, -0.2) is 59.5 Å². The third-order valence-corrected chi connectivity index (χ3v) is 5.92. The van der Waals surface area contributed by atoms with E-state index in [2.05, 4.69) is 43.5 Å². The summed E-state index contributed by atoms with van der Waals surface area (Å²) in [6, 6.07) is 2.36. The zero-order chi connectivity index (χ0) is 16.5. The Labute approximate surface area is 145 Å². The number of hydrogen-bond acceptors (Lipinski definition) is 6. The molecular formula is C17H23N5OS. The smallest absolute Gasteiger partial charge is 0.227 e. The van der Waals surface area contributed by atoms with E-state index in [9.17, 15) is 4.79 Å². The van der Waals surface area contributed by atoms with Crippen LogP contribution in [0.25, 0.3) is 10.2 Å². The van der Waals surface area contributed by atoms with Gasteiger partial charge in [0.05, 0.1) is 11.3 Å². The normalized spacial score (nSPS) is 25.2. The van der Waals surface area contributed by atoms with Crippen molar-refractivity contribution in [2.75, 3.05) is 37.6 Å². The van der Waals surface area contributed by atoms with Crippen molar-refractivity contribution in [3.05, 3.63) is 17.8 Å². The van der Waals surface area contributed by atoms with Gasteiger partial charge < -0.3 is 15.1 Å². The SMILES string of the molecule is C[C@@H]1CNCCN1C(=O)C1CCCN(c2ncnc3sccc23)C1. The van der Waals surface area contributed by atoms with Gasteiger partial charge in [-0.05, 0) is 31.2 Å². The maximum Gasteiger partial charge on any atom is 0.227 e. The van der Waals surface area contributed by atoms with E-state index >= 15 is 0 Å². The number of piperazine rings is 1. The molecule has 0 spiro atoms. The van der Waals surface area contributed by atoms with E-state index in [0.29, 0.717) is 5.91 Å². The van der Waals surface area contributed by atoms with E-state index in [-0.39, 0.29) is 12.0 Å². The number of fused-ring (bicyclic) bond motifs is 1. The molecule has 4 rings (SSSR count). The van der Waals surface area contributed by atoms with Gasteiger partial charge in [0, 0.05) is 38.8 Å². The summed E-state index contributed by atoms with van der Waals surface area (Å²) >= 11 is 1.64. The van der Waals surface area contributed by atoms with Crippen LogP contribution in [0.4, 0.5) is 5.82 Å². The summed E-state index contributed by atoms with van der Waals surface area (Å²) in [7, 11) is 0. The number of thiophene rings is 1. The molecule has 2 fully saturated rings. The van der Waals surface area contributed by atoms with Crippen molar-refractivity contribution in [2.24, 2.45) is 5.92 Å². The lowest BCUT2D eigenvalue weighted by atomic mass is 9.95. The number of rotatable bonds is 2. The topological polar surface area (TPSA) is 61.4 Å². The Kier molecular flexibility index (Phi) is 4.37. The number of amides is 1. The molecule has 6 nitrogen and oxygen atoms in total. The van der Waals surface area contributed by atoms with Gasteiger partial charge in [0.1, 0.15) is 17.0 Å². The molecule has 1 N–H and O–H groups in total. The second kappa shape index (κ2) is 6.64. The van der Waals surface area contributed by atoms with Gasteiger partial charge in [0.15, 0.2) is 0 Å². The molecule has 1 unspecified atom stereocenters. The van der Waals surface area contributed by atoms with Crippen molar-refractivity contribution in [1.29, 1.82) is 0 Å². The molecule has 2 saturated heterocycles. The standard InChI is InChI=1S/C17H23N5OS/c1-12-9-18-5-7-22(12)17(23)13-3-2-6-21(10-13)15-14-4-8-24-16(14)20-11-19-15/h4,8,11-13,18H,2-3,5-7,9-10H2,1H3/t12-,13?/m1/s1. The summed E-state index contributed by atoms with van der Waals surface area (Å²) in [6.07, 6.45) is 3.65. The Morgan fingerprint density at radius 2 is 2.29 bits per heavy atom. The van der Waals surface area contributed by atoms with Crippen molar-refractivity contribution in [3.8, 4) is 0 Å². The third-order valence-electron chi connectivity index (χ3n) is 5.10. The Morgan fingerprint density at radius 3 is 3.17 bits per heavy atom. The molecule has 7 heteroatoms. The molecule has 128 valence electrons. The number of carbonyl (C=O) groups excluding carboxylic acids is 1.